The molecule has 5 nitrogen and oxygen atoms in total. The van der Waals surface area contributed by atoms with Crippen molar-refractivity contribution in [2.45, 2.75) is 38.7 Å². The van der Waals surface area contributed by atoms with Gasteiger partial charge in [-0.1, -0.05) is 6.92 Å². The van der Waals surface area contributed by atoms with Gasteiger partial charge in [0.2, 0.25) is 0 Å². The number of nitrogens with zero attached hydrogens (tertiary/aromatic N) is 1. The van der Waals surface area contributed by atoms with Crippen LogP contribution in [0.5, 0.6) is 0 Å². The topological polar surface area (TPSA) is 63.2 Å². The number of nitrogens with one attached hydrogen (secondary N) is 2. The lowest BCUT2D eigenvalue weighted by Gasteiger charge is -2.22. The van der Waals surface area contributed by atoms with Crippen LogP contribution in [0.4, 0.5) is 10.2 Å². The molecule has 1 atom stereocenters. The second kappa shape index (κ2) is 7.93. The van der Waals surface area contributed by atoms with Gasteiger partial charge in [0, 0.05) is 19.7 Å². The summed E-state index contributed by atoms with van der Waals surface area (Å²) < 4.78 is 18.9. The summed E-state index contributed by atoms with van der Waals surface area (Å²) in [6, 6.07) is 1.21. The van der Waals surface area contributed by atoms with E-state index in [1.807, 2.05) is 6.92 Å². The summed E-state index contributed by atoms with van der Waals surface area (Å²) in [5.41, 5.74) is 0.235. The largest absolute Gasteiger partial charge is 0.376 e. The van der Waals surface area contributed by atoms with Crippen molar-refractivity contribution in [2.75, 3.05) is 25.0 Å². The van der Waals surface area contributed by atoms with Gasteiger partial charge in [-0.2, -0.15) is 0 Å². The summed E-state index contributed by atoms with van der Waals surface area (Å²) in [7, 11) is 0. The van der Waals surface area contributed by atoms with E-state index in [2.05, 4.69) is 15.6 Å². The molecule has 1 aromatic heterocycles. The van der Waals surface area contributed by atoms with Crippen LogP contribution >= 0.6 is 0 Å². The van der Waals surface area contributed by atoms with E-state index in [1.165, 1.54) is 6.07 Å². The van der Waals surface area contributed by atoms with E-state index in [0.29, 0.717) is 18.9 Å². The number of carbonyl (C=O) groups is 1. The summed E-state index contributed by atoms with van der Waals surface area (Å²) in [4.78, 5) is 16.2. The Bertz CT molecular complexity index is 476. The third kappa shape index (κ3) is 4.67. The molecule has 0 spiro atoms. The van der Waals surface area contributed by atoms with Crippen LogP contribution < -0.4 is 10.6 Å². The zero-order valence-corrected chi connectivity index (χ0v) is 12.3. The molecule has 0 bridgehead atoms. The fourth-order valence-corrected chi connectivity index (χ4v) is 2.27. The Morgan fingerprint density at radius 2 is 2.38 bits per heavy atom. The molecule has 1 aromatic rings. The van der Waals surface area contributed by atoms with Crippen LogP contribution in [0.2, 0.25) is 0 Å². The number of hydrogen-bond donors (Lipinski definition) is 2. The van der Waals surface area contributed by atoms with E-state index in [4.69, 9.17) is 4.74 Å². The van der Waals surface area contributed by atoms with E-state index in [1.54, 1.807) is 0 Å². The van der Waals surface area contributed by atoms with Crippen LogP contribution in [0, 0.1) is 5.82 Å². The molecule has 0 aromatic carbocycles. The Labute approximate surface area is 124 Å². The summed E-state index contributed by atoms with van der Waals surface area (Å²) in [6.07, 6.45) is 5.20. The summed E-state index contributed by atoms with van der Waals surface area (Å²) in [5.74, 6) is -0.425. The minimum absolute atomic E-state index is 0.0521. The number of ether oxygens (including phenoxy) is 1. The van der Waals surface area contributed by atoms with Crippen molar-refractivity contribution in [3.05, 3.63) is 23.6 Å². The average Bonchev–Trinajstić information content (AvgIpc) is 2.52. The minimum atomic E-state index is -0.517. The van der Waals surface area contributed by atoms with Crippen molar-refractivity contribution in [2.24, 2.45) is 0 Å². The maximum Gasteiger partial charge on any atom is 0.255 e. The Kier molecular flexibility index (Phi) is 5.92. The third-order valence-corrected chi connectivity index (χ3v) is 3.41. The highest BCUT2D eigenvalue weighted by atomic mass is 19.1. The molecule has 1 unspecified atom stereocenters. The fraction of sp³-hybridized carbons (Fsp3) is 0.600. The normalized spacial score (nSPS) is 18.3. The molecule has 1 aliphatic rings. The van der Waals surface area contributed by atoms with E-state index in [9.17, 15) is 9.18 Å². The van der Waals surface area contributed by atoms with Gasteiger partial charge in [-0.25, -0.2) is 9.37 Å². The van der Waals surface area contributed by atoms with E-state index in [-0.39, 0.29) is 17.6 Å². The van der Waals surface area contributed by atoms with Crippen molar-refractivity contribution >= 4 is 11.7 Å². The molecular weight excluding hydrogens is 273 g/mol. The quantitative estimate of drug-likeness (QED) is 0.845. The molecule has 1 aliphatic heterocycles. The van der Waals surface area contributed by atoms with Gasteiger partial charge in [0.15, 0.2) is 0 Å². The van der Waals surface area contributed by atoms with Gasteiger partial charge in [0.05, 0.1) is 17.9 Å². The van der Waals surface area contributed by atoms with Gasteiger partial charge < -0.3 is 15.4 Å². The zero-order valence-electron chi connectivity index (χ0n) is 12.3. The molecule has 116 valence electrons. The molecule has 2 N–H and O–H groups in total. The predicted molar refractivity (Wildman–Crippen MR) is 78.9 cm³/mol. The maximum absolute atomic E-state index is 13.3. The number of pyridine rings is 1. The summed E-state index contributed by atoms with van der Waals surface area (Å²) >= 11 is 0. The van der Waals surface area contributed by atoms with Gasteiger partial charge in [0.1, 0.15) is 11.6 Å². The monoisotopic (exact) mass is 295 g/mol. The Morgan fingerprint density at radius 3 is 3.10 bits per heavy atom. The van der Waals surface area contributed by atoms with Crippen molar-refractivity contribution in [3.8, 4) is 0 Å². The average molecular weight is 295 g/mol. The molecule has 1 fully saturated rings. The van der Waals surface area contributed by atoms with Gasteiger partial charge in [-0.3, -0.25) is 4.79 Å². The van der Waals surface area contributed by atoms with E-state index < -0.39 is 5.82 Å². The fourth-order valence-electron chi connectivity index (χ4n) is 2.27. The SMILES string of the molecule is CCCNc1ncc(F)cc1C(=O)NCC1CCCCO1. The van der Waals surface area contributed by atoms with E-state index >= 15 is 0 Å². The second-order valence-electron chi connectivity index (χ2n) is 5.18. The van der Waals surface area contributed by atoms with Crippen molar-refractivity contribution in [3.63, 3.8) is 0 Å². The van der Waals surface area contributed by atoms with Crippen molar-refractivity contribution in [1.29, 1.82) is 0 Å². The van der Waals surface area contributed by atoms with Crippen LogP contribution in [-0.2, 0) is 4.74 Å². The number of amides is 1. The highest BCUT2D eigenvalue weighted by molar-refractivity contribution is 5.98. The molecule has 2 heterocycles. The van der Waals surface area contributed by atoms with Crippen molar-refractivity contribution in [1.82, 2.24) is 10.3 Å². The predicted octanol–water partition coefficient (Wildman–Crippen LogP) is 2.34. The molecule has 0 radical (unpaired) electrons. The number of hydrogen-bond acceptors (Lipinski definition) is 4. The highest BCUT2D eigenvalue weighted by Crippen LogP contribution is 2.15. The lowest BCUT2D eigenvalue weighted by molar-refractivity contribution is 0.0169. The molecule has 0 saturated carbocycles. The number of rotatable bonds is 6. The lowest BCUT2D eigenvalue weighted by atomic mass is 10.1. The summed E-state index contributed by atoms with van der Waals surface area (Å²) in [5, 5.41) is 5.84. The molecule has 21 heavy (non-hydrogen) atoms. The minimum Gasteiger partial charge on any atom is -0.376 e. The maximum atomic E-state index is 13.3. The Balaban J connectivity index is 1.97. The van der Waals surface area contributed by atoms with Crippen LogP contribution in [0.3, 0.4) is 0 Å². The summed E-state index contributed by atoms with van der Waals surface area (Å²) in [6.45, 7) is 3.88. The molecule has 2 rings (SSSR count). The van der Waals surface area contributed by atoms with Gasteiger partial charge >= 0.3 is 0 Å². The van der Waals surface area contributed by atoms with Gasteiger partial charge in [0.25, 0.3) is 5.91 Å². The van der Waals surface area contributed by atoms with Crippen LogP contribution in [0.25, 0.3) is 0 Å². The van der Waals surface area contributed by atoms with Crippen LogP contribution in [0.15, 0.2) is 12.3 Å². The number of halogens is 1. The zero-order chi connectivity index (χ0) is 15.1. The van der Waals surface area contributed by atoms with E-state index in [0.717, 1.165) is 38.5 Å². The van der Waals surface area contributed by atoms with Crippen LogP contribution in [-0.4, -0.2) is 36.7 Å². The first-order valence-corrected chi connectivity index (χ1v) is 7.50. The third-order valence-electron chi connectivity index (χ3n) is 3.41. The molecule has 1 saturated heterocycles. The standard InChI is InChI=1S/C15H22FN3O2/c1-2-6-17-14-13(8-11(16)9-18-14)15(20)19-10-12-5-3-4-7-21-12/h8-9,12H,2-7,10H2,1H3,(H,17,18)(H,19,20). The Hall–Kier alpha value is -1.69. The first-order chi connectivity index (χ1) is 10.2. The number of carbonyl (C=O) groups excluding carboxylic acids is 1. The lowest BCUT2D eigenvalue weighted by Crippen LogP contribution is -2.35. The Morgan fingerprint density at radius 1 is 1.52 bits per heavy atom. The first-order valence-electron chi connectivity index (χ1n) is 7.50. The highest BCUT2D eigenvalue weighted by Gasteiger charge is 2.18. The molecule has 6 heteroatoms. The van der Waals surface area contributed by atoms with Crippen LogP contribution in [0.1, 0.15) is 43.0 Å². The molecule has 0 aliphatic carbocycles. The number of aromatic nitrogens is 1. The van der Waals surface area contributed by atoms with Gasteiger partial charge in [-0.15, -0.1) is 0 Å². The van der Waals surface area contributed by atoms with Crippen molar-refractivity contribution < 1.29 is 13.9 Å². The molecule has 1 amide bonds. The number of anilines is 1. The molecular formula is C15H22FN3O2. The second-order valence-corrected chi connectivity index (χ2v) is 5.18. The van der Waals surface area contributed by atoms with Gasteiger partial charge in [-0.05, 0) is 31.7 Å². The smallest absolute Gasteiger partial charge is 0.255 e. The first kappa shape index (κ1) is 15.7.